The smallest absolute Gasteiger partial charge is 0.327 e. The van der Waals surface area contributed by atoms with Crippen LogP contribution in [0.4, 0.5) is 0 Å². The van der Waals surface area contributed by atoms with Crippen molar-refractivity contribution in [2.45, 2.75) is 6.04 Å². The monoisotopic (exact) mass is 335 g/mol. The van der Waals surface area contributed by atoms with Crippen LogP contribution in [0, 0.1) is 0 Å². The zero-order valence-corrected chi connectivity index (χ0v) is 13.0. The van der Waals surface area contributed by atoms with E-state index < -0.39 is 17.9 Å². The van der Waals surface area contributed by atoms with E-state index >= 15 is 0 Å². The maximum absolute atomic E-state index is 12.0. The minimum Gasteiger partial charge on any atom is -0.480 e. The molecule has 0 spiro atoms. The highest BCUT2D eigenvalue weighted by Gasteiger charge is 2.22. The highest BCUT2D eigenvalue weighted by atomic mass is 32.2. The summed E-state index contributed by atoms with van der Waals surface area (Å²) in [6.07, 6.45) is 0. The number of carboxylic acids is 1. The Hall–Kier alpha value is -2.12. The van der Waals surface area contributed by atoms with Crippen molar-refractivity contribution in [2.75, 3.05) is 5.75 Å². The molecule has 0 aliphatic heterocycles. The fraction of sp³-hybridized carbons (Fsp3) is 0.133. The van der Waals surface area contributed by atoms with E-state index in [1.165, 1.54) is 11.3 Å². The van der Waals surface area contributed by atoms with Gasteiger partial charge in [-0.15, -0.1) is 11.3 Å². The number of rotatable bonds is 6. The number of carbonyl (C=O) groups excluding carboxylic acids is 2. The number of nitrogens with one attached hydrogen (secondary N) is 1. The molecule has 114 valence electrons. The van der Waals surface area contributed by atoms with Gasteiger partial charge in [0, 0.05) is 11.3 Å². The van der Waals surface area contributed by atoms with Gasteiger partial charge in [-0.05, 0) is 23.6 Å². The van der Waals surface area contributed by atoms with Gasteiger partial charge in [-0.25, -0.2) is 4.79 Å². The topological polar surface area (TPSA) is 83.5 Å². The van der Waals surface area contributed by atoms with Gasteiger partial charge in [-0.2, -0.15) is 0 Å². The van der Waals surface area contributed by atoms with E-state index in [2.05, 4.69) is 5.32 Å². The number of carboxylic acid groups (broad SMARTS) is 1. The third-order valence-electron chi connectivity index (χ3n) is 2.74. The van der Waals surface area contributed by atoms with Crippen molar-refractivity contribution in [1.29, 1.82) is 0 Å². The molecule has 1 aromatic heterocycles. The third kappa shape index (κ3) is 4.44. The van der Waals surface area contributed by atoms with Gasteiger partial charge in [0.05, 0.1) is 4.88 Å². The second kappa shape index (κ2) is 7.77. The van der Waals surface area contributed by atoms with Crippen molar-refractivity contribution >= 4 is 40.1 Å². The zero-order chi connectivity index (χ0) is 15.9. The summed E-state index contributed by atoms with van der Waals surface area (Å²) in [5, 5.41) is 13.2. The average Bonchev–Trinajstić information content (AvgIpc) is 3.06. The van der Waals surface area contributed by atoms with E-state index in [-0.39, 0.29) is 10.9 Å². The molecule has 0 saturated carbocycles. The molecule has 2 rings (SSSR count). The first kappa shape index (κ1) is 16.3. The van der Waals surface area contributed by atoms with Gasteiger partial charge in [0.15, 0.2) is 0 Å². The molecule has 0 bridgehead atoms. The number of hydrogen-bond acceptors (Lipinski definition) is 5. The van der Waals surface area contributed by atoms with Crippen LogP contribution in [-0.4, -0.2) is 33.9 Å². The standard InChI is InChI=1S/C15H13NO4S2/c17-13(10-5-2-1-3-6-10)16-11(14(18)19)9-22-15(20)12-7-4-8-21-12/h1-8,11H,9H2,(H,16,17)(H,18,19). The van der Waals surface area contributed by atoms with Crippen LogP contribution in [0.15, 0.2) is 47.8 Å². The molecular weight excluding hydrogens is 322 g/mol. The molecule has 0 radical (unpaired) electrons. The summed E-state index contributed by atoms with van der Waals surface area (Å²) in [4.78, 5) is 35.6. The van der Waals surface area contributed by atoms with Crippen LogP contribution in [0.2, 0.25) is 0 Å². The Kier molecular flexibility index (Phi) is 5.74. The van der Waals surface area contributed by atoms with Crippen LogP contribution in [0.25, 0.3) is 0 Å². The number of thioether (sulfide) groups is 1. The molecule has 2 N–H and O–H groups in total. The molecule has 1 unspecified atom stereocenters. The fourth-order valence-corrected chi connectivity index (χ4v) is 3.26. The summed E-state index contributed by atoms with van der Waals surface area (Å²) in [5.41, 5.74) is 0.378. The number of aliphatic carboxylic acids is 1. The highest BCUT2D eigenvalue weighted by molar-refractivity contribution is 8.14. The van der Waals surface area contributed by atoms with Gasteiger partial charge < -0.3 is 10.4 Å². The van der Waals surface area contributed by atoms with Gasteiger partial charge in [0.25, 0.3) is 5.91 Å². The van der Waals surface area contributed by atoms with Crippen molar-refractivity contribution in [1.82, 2.24) is 5.32 Å². The third-order valence-corrected chi connectivity index (χ3v) is 4.72. The largest absolute Gasteiger partial charge is 0.480 e. The molecule has 0 saturated heterocycles. The van der Waals surface area contributed by atoms with Crippen LogP contribution < -0.4 is 5.32 Å². The molecule has 1 heterocycles. The Morgan fingerprint density at radius 2 is 1.86 bits per heavy atom. The van der Waals surface area contributed by atoms with Crippen LogP contribution in [-0.2, 0) is 4.79 Å². The lowest BCUT2D eigenvalue weighted by Gasteiger charge is -2.13. The Labute approximate surface area is 135 Å². The molecule has 7 heteroatoms. The summed E-state index contributed by atoms with van der Waals surface area (Å²) in [6, 6.07) is 10.7. The Bertz CT molecular complexity index is 655. The van der Waals surface area contributed by atoms with Crippen LogP contribution in [0.1, 0.15) is 20.0 Å². The summed E-state index contributed by atoms with van der Waals surface area (Å²) in [7, 11) is 0. The molecule has 0 aliphatic rings. The van der Waals surface area contributed by atoms with E-state index in [4.69, 9.17) is 0 Å². The molecule has 0 fully saturated rings. The first-order valence-electron chi connectivity index (χ1n) is 6.37. The van der Waals surface area contributed by atoms with Crippen LogP contribution in [0.5, 0.6) is 0 Å². The first-order chi connectivity index (χ1) is 10.6. The molecular formula is C15H13NO4S2. The van der Waals surface area contributed by atoms with Gasteiger partial charge in [-0.1, -0.05) is 36.0 Å². The van der Waals surface area contributed by atoms with Crippen LogP contribution >= 0.6 is 23.1 Å². The van der Waals surface area contributed by atoms with Crippen molar-refractivity contribution in [3.63, 3.8) is 0 Å². The molecule has 22 heavy (non-hydrogen) atoms. The van der Waals surface area contributed by atoms with Gasteiger partial charge >= 0.3 is 5.97 Å². The van der Waals surface area contributed by atoms with E-state index in [1.54, 1.807) is 47.8 Å². The second-order valence-corrected chi connectivity index (χ2v) is 6.25. The van der Waals surface area contributed by atoms with Crippen molar-refractivity contribution < 1.29 is 19.5 Å². The molecule has 1 atom stereocenters. The Morgan fingerprint density at radius 3 is 2.45 bits per heavy atom. The predicted octanol–water partition coefficient (Wildman–Crippen LogP) is 2.50. The van der Waals surface area contributed by atoms with Crippen molar-refractivity contribution in [2.24, 2.45) is 0 Å². The molecule has 1 amide bonds. The van der Waals surface area contributed by atoms with Crippen molar-refractivity contribution in [3.05, 3.63) is 58.3 Å². The number of carbonyl (C=O) groups is 3. The first-order valence-corrected chi connectivity index (χ1v) is 8.24. The normalized spacial score (nSPS) is 11.6. The minimum absolute atomic E-state index is 0.0232. The summed E-state index contributed by atoms with van der Waals surface area (Å²) in [6.45, 7) is 0. The molecule has 1 aromatic carbocycles. The quantitative estimate of drug-likeness (QED) is 0.847. The molecule has 2 aromatic rings. The number of benzene rings is 1. The zero-order valence-electron chi connectivity index (χ0n) is 11.4. The van der Waals surface area contributed by atoms with E-state index in [9.17, 15) is 19.5 Å². The lowest BCUT2D eigenvalue weighted by atomic mass is 10.2. The van der Waals surface area contributed by atoms with Crippen molar-refractivity contribution in [3.8, 4) is 0 Å². The Balaban J connectivity index is 1.94. The van der Waals surface area contributed by atoms with Gasteiger partial charge in [-0.3, -0.25) is 9.59 Å². The average molecular weight is 335 g/mol. The maximum atomic E-state index is 12.0. The van der Waals surface area contributed by atoms with E-state index in [0.29, 0.717) is 10.4 Å². The predicted molar refractivity (Wildman–Crippen MR) is 86.4 cm³/mol. The highest BCUT2D eigenvalue weighted by Crippen LogP contribution is 2.18. The SMILES string of the molecule is O=C(NC(CSC(=O)c1cccs1)C(=O)O)c1ccccc1. The van der Waals surface area contributed by atoms with Crippen LogP contribution in [0.3, 0.4) is 0 Å². The maximum Gasteiger partial charge on any atom is 0.327 e. The van der Waals surface area contributed by atoms with E-state index in [0.717, 1.165) is 11.8 Å². The fourth-order valence-electron chi connectivity index (χ4n) is 1.63. The van der Waals surface area contributed by atoms with E-state index in [1.807, 2.05) is 0 Å². The number of thiophene rings is 1. The second-order valence-electron chi connectivity index (χ2n) is 4.31. The summed E-state index contributed by atoms with van der Waals surface area (Å²) >= 11 is 2.18. The summed E-state index contributed by atoms with van der Waals surface area (Å²) < 4.78 is 0. The lowest BCUT2D eigenvalue weighted by Crippen LogP contribution is -2.42. The Morgan fingerprint density at radius 1 is 1.14 bits per heavy atom. The summed E-state index contributed by atoms with van der Waals surface area (Å²) in [5.74, 6) is -1.67. The molecule has 5 nitrogen and oxygen atoms in total. The number of amides is 1. The minimum atomic E-state index is -1.17. The molecule has 0 aliphatic carbocycles. The van der Waals surface area contributed by atoms with Gasteiger partial charge in [0.1, 0.15) is 6.04 Å². The number of hydrogen-bond donors (Lipinski definition) is 2. The lowest BCUT2D eigenvalue weighted by molar-refractivity contribution is -0.138. The van der Waals surface area contributed by atoms with Gasteiger partial charge in [0.2, 0.25) is 5.12 Å².